The van der Waals surface area contributed by atoms with Gasteiger partial charge in [0.2, 0.25) is 5.91 Å². The largest absolute Gasteiger partial charge is 0.325 e. The number of benzene rings is 3. The van der Waals surface area contributed by atoms with Crippen molar-refractivity contribution in [1.82, 2.24) is 0 Å². The van der Waals surface area contributed by atoms with Gasteiger partial charge in [-0.25, -0.2) is 0 Å². The van der Waals surface area contributed by atoms with E-state index in [1.54, 1.807) is 42.5 Å². The Kier molecular flexibility index (Phi) is 5.72. The molecular formula is C23H20ClNO2. The molecule has 0 saturated heterocycles. The summed E-state index contributed by atoms with van der Waals surface area (Å²) >= 11 is 6.09. The summed E-state index contributed by atoms with van der Waals surface area (Å²) in [5, 5.41) is 3.31. The third kappa shape index (κ3) is 4.63. The molecule has 0 aromatic heterocycles. The minimum atomic E-state index is -0.181. The normalized spacial score (nSPS) is 10.5. The van der Waals surface area contributed by atoms with Crippen molar-refractivity contribution in [1.29, 1.82) is 0 Å². The van der Waals surface area contributed by atoms with E-state index in [2.05, 4.69) is 11.4 Å². The number of carbonyl (C=O) groups is 2. The Morgan fingerprint density at radius 2 is 1.67 bits per heavy atom. The van der Waals surface area contributed by atoms with Crippen LogP contribution >= 0.6 is 11.6 Å². The van der Waals surface area contributed by atoms with Crippen LogP contribution in [-0.2, 0) is 11.2 Å². The summed E-state index contributed by atoms with van der Waals surface area (Å²) in [7, 11) is 0. The standard InChI is InChI=1S/C23H20ClNO2/c1-15-8-9-18(16(2)12-15)13-22(26)25-21-11-10-19(24)14-20(21)23(27)17-6-4-3-5-7-17/h3-12,14H,13H2,1-2H3,(H,25,26). The van der Waals surface area contributed by atoms with Gasteiger partial charge in [-0.05, 0) is 43.2 Å². The van der Waals surface area contributed by atoms with Gasteiger partial charge in [-0.3, -0.25) is 9.59 Å². The van der Waals surface area contributed by atoms with Crippen LogP contribution in [0.3, 0.4) is 0 Å². The summed E-state index contributed by atoms with van der Waals surface area (Å²) in [6, 6.07) is 19.8. The second-order valence-corrected chi connectivity index (χ2v) is 6.98. The fraction of sp³-hybridized carbons (Fsp3) is 0.130. The lowest BCUT2D eigenvalue weighted by Crippen LogP contribution is -2.17. The van der Waals surface area contributed by atoms with Gasteiger partial charge in [0.1, 0.15) is 0 Å². The zero-order valence-corrected chi connectivity index (χ0v) is 16.0. The highest BCUT2D eigenvalue weighted by Gasteiger charge is 2.16. The molecule has 27 heavy (non-hydrogen) atoms. The van der Waals surface area contributed by atoms with Crippen LogP contribution in [0, 0.1) is 13.8 Å². The molecule has 0 saturated carbocycles. The van der Waals surface area contributed by atoms with Crippen LogP contribution in [0.5, 0.6) is 0 Å². The second-order valence-electron chi connectivity index (χ2n) is 6.54. The maximum atomic E-state index is 12.8. The number of rotatable bonds is 5. The molecule has 0 aliphatic carbocycles. The topological polar surface area (TPSA) is 46.2 Å². The van der Waals surface area contributed by atoms with Gasteiger partial charge < -0.3 is 5.32 Å². The molecule has 0 radical (unpaired) electrons. The van der Waals surface area contributed by atoms with Gasteiger partial charge in [-0.2, -0.15) is 0 Å². The van der Waals surface area contributed by atoms with Crippen LogP contribution in [0.2, 0.25) is 5.02 Å². The third-order valence-electron chi connectivity index (χ3n) is 4.39. The van der Waals surface area contributed by atoms with Crippen molar-refractivity contribution >= 4 is 29.0 Å². The van der Waals surface area contributed by atoms with E-state index in [4.69, 9.17) is 11.6 Å². The quantitative estimate of drug-likeness (QED) is 0.607. The highest BCUT2D eigenvalue weighted by Crippen LogP contribution is 2.24. The second kappa shape index (κ2) is 8.19. The molecule has 0 heterocycles. The van der Waals surface area contributed by atoms with Gasteiger partial charge in [0.05, 0.1) is 12.1 Å². The van der Waals surface area contributed by atoms with Gasteiger partial charge in [0.15, 0.2) is 5.78 Å². The lowest BCUT2D eigenvalue weighted by molar-refractivity contribution is -0.115. The number of amides is 1. The number of nitrogens with one attached hydrogen (secondary N) is 1. The number of ketones is 1. The number of anilines is 1. The van der Waals surface area contributed by atoms with E-state index in [1.807, 2.05) is 32.0 Å². The summed E-state index contributed by atoms with van der Waals surface area (Å²) in [6.07, 6.45) is 0.244. The Morgan fingerprint density at radius 3 is 2.37 bits per heavy atom. The van der Waals surface area contributed by atoms with E-state index in [0.717, 1.165) is 16.7 Å². The molecule has 1 N–H and O–H groups in total. The third-order valence-corrected chi connectivity index (χ3v) is 4.62. The Morgan fingerprint density at radius 1 is 0.926 bits per heavy atom. The molecule has 0 fully saturated rings. The number of aryl methyl sites for hydroxylation is 2. The van der Waals surface area contributed by atoms with Gasteiger partial charge in [-0.1, -0.05) is 65.7 Å². The Labute approximate surface area is 164 Å². The average Bonchev–Trinajstić information content (AvgIpc) is 2.65. The molecule has 0 unspecified atom stereocenters. The van der Waals surface area contributed by atoms with Crippen LogP contribution in [0.4, 0.5) is 5.69 Å². The predicted octanol–water partition coefficient (Wildman–Crippen LogP) is 5.37. The first kappa shape index (κ1) is 18.9. The fourth-order valence-electron chi connectivity index (χ4n) is 2.97. The minimum Gasteiger partial charge on any atom is -0.325 e. The minimum absolute atomic E-state index is 0.175. The van der Waals surface area contributed by atoms with Gasteiger partial charge in [-0.15, -0.1) is 0 Å². The summed E-state index contributed by atoms with van der Waals surface area (Å²) in [4.78, 5) is 25.4. The summed E-state index contributed by atoms with van der Waals surface area (Å²) in [6.45, 7) is 4.01. The summed E-state index contributed by atoms with van der Waals surface area (Å²) in [5.41, 5.74) is 4.57. The van der Waals surface area contributed by atoms with E-state index >= 15 is 0 Å². The van der Waals surface area contributed by atoms with Gasteiger partial charge in [0.25, 0.3) is 0 Å². The van der Waals surface area contributed by atoms with Crippen molar-refractivity contribution in [2.24, 2.45) is 0 Å². The maximum Gasteiger partial charge on any atom is 0.228 e. The monoisotopic (exact) mass is 377 g/mol. The fourth-order valence-corrected chi connectivity index (χ4v) is 3.14. The predicted molar refractivity (Wildman–Crippen MR) is 110 cm³/mol. The number of hydrogen-bond acceptors (Lipinski definition) is 2. The van der Waals surface area contributed by atoms with Crippen molar-refractivity contribution < 1.29 is 9.59 Å². The first-order chi connectivity index (χ1) is 12.9. The van der Waals surface area contributed by atoms with E-state index in [-0.39, 0.29) is 18.1 Å². The van der Waals surface area contributed by atoms with Crippen LogP contribution in [0.1, 0.15) is 32.6 Å². The number of carbonyl (C=O) groups excluding carboxylic acids is 2. The molecule has 0 bridgehead atoms. The molecule has 136 valence electrons. The molecule has 3 nitrogen and oxygen atoms in total. The van der Waals surface area contributed by atoms with E-state index < -0.39 is 0 Å². The zero-order chi connectivity index (χ0) is 19.4. The molecule has 3 aromatic carbocycles. The van der Waals surface area contributed by atoms with Crippen LogP contribution in [0.25, 0.3) is 0 Å². The van der Waals surface area contributed by atoms with Crippen LogP contribution in [0.15, 0.2) is 66.7 Å². The average molecular weight is 378 g/mol. The van der Waals surface area contributed by atoms with Crippen molar-refractivity contribution in [3.63, 3.8) is 0 Å². The number of hydrogen-bond donors (Lipinski definition) is 1. The van der Waals surface area contributed by atoms with Crippen molar-refractivity contribution in [2.45, 2.75) is 20.3 Å². The SMILES string of the molecule is Cc1ccc(CC(=O)Nc2ccc(Cl)cc2C(=O)c2ccccc2)c(C)c1. The Hall–Kier alpha value is -2.91. The molecule has 0 aliphatic rings. The maximum absolute atomic E-state index is 12.8. The van der Waals surface area contributed by atoms with Crippen LogP contribution in [-0.4, -0.2) is 11.7 Å². The highest BCUT2D eigenvalue weighted by molar-refractivity contribution is 6.31. The van der Waals surface area contributed by atoms with Crippen molar-refractivity contribution in [2.75, 3.05) is 5.32 Å². The molecule has 0 aliphatic heterocycles. The Bertz CT molecular complexity index is 997. The molecule has 0 spiro atoms. The van der Waals surface area contributed by atoms with Crippen molar-refractivity contribution in [3.8, 4) is 0 Å². The smallest absolute Gasteiger partial charge is 0.228 e. The molecule has 0 atom stereocenters. The van der Waals surface area contributed by atoms with E-state index in [9.17, 15) is 9.59 Å². The lowest BCUT2D eigenvalue weighted by Gasteiger charge is -2.12. The van der Waals surface area contributed by atoms with Gasteiger partial charge >= 0.3 is 0 Å². The highest BCUT2D eigenvalue weighted by atomic mass is 35.5. The summed E-state index contributed by atoms with van der Waals surface area (Å²) in [5.74, 6) is -0.355. The molecule has 3 rings (SSSR count). The molecule has 1 amide bonds. The Balaban J connectivity index is 1.84. The summed E-state index contributed by atoms with van der Waals surface area (Å²) < 4.78 is 0. The molecule has 4 heteroatoms. The van der Waals surface area contributed by atoms with E-state index in [1.165, 1.54) is 0 Å². The number of halogens is 1. The molecule has 3 aromatic rings. The zero-order valence-electron chi connectivity index (χ0n) is 15.3. The van der Waals surface area contributed by atoms with Crippen molar-refractivity contribution in [3.05, 3.63) is 99.6 Å². The lowest BCUT2D eigenvalue weighted by atomic mass is 10.0. The first-order valence-electron chi connectivity index (χ1n) is 8.69. The molecular weight excluding hydrogens is 358 g/mol. The van der Waals surface area contributed by atoms with Gasteiger partial charge in [0, 0.05) is 16.1 Å². The first-order valence-corrected chi connectivity index (χ1v) is 9.07. The van der Waals surface area contributed by atoms with Crippen LogP contribution < -0.4 is 5.32 Å². The van der Waals surface area contributed by atoms with E-state index in [0.29, 0.717) is 21.8 Å².